The molecule has 2 heterocycles. The molecule has 0 aliphatic carbocycles. The maximum atomic E-state index is 12.7. The molecule has 0 saturated carbocycles. The predicted octanol–water partition coefficient (Wildman–Crippen LogP) is 4.08. The molecule has 10 nitrogen and oxygen atoms in total. The smallest absolute Gasteiger partial charge is 0.410 e. The quantitative estimate of drug-likeness (QED) is 0.392. The number of hydrogen-bond acceptors (Lipinski definition) is 9. The highest BCUT2D eigenvalue weighted by atomic mass is 32.1. The normalized spacial score (nSPS) is 13.4. The van der Waals surface area contributed by atoms with E-state index in [0.29, 0.717) is 24.4 Å². The number of aromatic hydroxyl groups is 1. The number of benzene rings is 1. The minimum absolute atomic E-state index is 0.0287. The summed E-state index contributed by atoms with van der Waals surface area (Å²) in [6.07, 6.45) is 0.225. The summed E-state index contributed by atoms with van der Waals surface area (Å²) in [5.41, 5.74) is -0.193. The Bertz CT molecular complexity index is 1220. The second kappa shape index (κ2) is 11.4. The summed E-state index contributed by atoms with van der Waals surface area (Å²) < 4.78 is 15.9. The third-order valence-electron chi connectivity index (χ3n) is 5.20. The van der Waals surface area contributed by atoms with Gasteiger partial charge in [-0.15, -0.1) is 11.3 Å². The van der Waals surface area contributed by atoms with Gasteiger partial charge in [-0.3, -0.25) is 9.59 Å². The van der Waals surface area contributed by atoms with Gasteiger partial charge >= 0.3 is 12.1 Å². The van der Waals surface area contributed by atoms with Gasteiger partial charge in [0.05, 0.1) is 18.0 Å². The standard InChI is InChI=1S/C27H34N2O8S/c1-26(2,3)36-23(32)15-35-20-8-7-16(11-18(20)30)19(31)13-28-24(33)22-12-17-14-29(10-9-21(17)38-22)25(34)37-27(4,5)6/h7-8,11-12,30H,9-10,13-15H2,1-6H3,(H,28,33). The summed E-state index contributed by atoms with van der Waals surface area (Å²) in [5.74, 6) is -1.69. The molecule has 0 atom stereocenters. The van der Waals surface area contributed by atoms with E-state index in [1.54, 1.807) is 31.7 Å². The summed E-state index contributed by atoms with van der Waals surface area (Å²) in [6.45, 7) is 10.8. The van der Waals surface area contributed by atoms with E-state index in [-0.39, 0.29) is 23.6 Å². The zero-order chi connectivity index (χ0) is 28.3. The molecule has 0 bridgehead atoms. The van der Waals surface area contributed by atoms with Crippen LogP contribution in [0.15, 0.2) is 24.3 Å². The molecule has 0 fully saturated rings. The van der Waals surface area contributed by atoms with E-state index in [4.69, 9.17) is 14.2 Å². The highest BCUT2D eigenvalue weighted by Gasteiger charge is 2.28. The number of nitrogens with one attached hydrogen (secondary N) is 1. The number of nitrogens with zero attached hydrogens (tertiary/aromatic N) is 1. The van der Waals surface area contributed by atoms with Crippen LogP contribution in [-0.4, -0.2) is 64.7 Å². The Morgan fingerprint density at radius 3 is 2.34 bits per heavy atom. The molecule has 2 amide bonds. The summed E-state index contributed by atoms with van der Waals surface area (Å²) in [4.78, 5) is 52.6. The molecule has 0 saturated heterocycles. The number of ketones is 1. The van der Waals surface area contributed by atoms with Gasteiger partial charge in [-0.05, 0) is 77.8 Å². The maximum Gasteiger partial charge on any atom is 0.410 e. The average Bonchev–Trinajstić information content (AvgIpc) is 3.23. The van der Waals surface area contributed by atoms with E-state index in [2.05, 4.69) is 5.32 Å². The zero-order valence-corrected chi connectivity index (χ0v) is 23.3. The minimum atomic E-state index is -0.661. The lowest BCUT2D eigenvalue weighted by molar-refractivity contribution is -0.157. The Kier molecular flexibility index (Phi) is 8.71. The number of rotatable bonds is 7. The van der Waals surface area contributed by atoms with Gasteiger partial charge in [0.25, 0.3) is 5.91 Å². The molecule has 1 aliphatic heterocycles. The Morgan fingerprint density at radius 2 is 1.71 bits per heavy atom. The van der Waals surface area contributed by atoms with Crippen molar-refractivity contribution in [1.29, 1.82) is 0 Å². The van der Waals surface area contributed by atoms with Gasteiger partial charge in [-0.25, -0.2) is 9.59 Å². The summed E-state index contributed by atoms with van der Waals surface area (Å²) in [5, 5.41) is 12.8. The molecule has 2 N–H and O–H groups in total. The van der Waals surface area contributed by atoms with Crippen molar-refractivity contribution in [2.24, 2.45) is 0 Å². The molecule has 1 aromatic heterocycles. The molecule has 206 valence electrons. The maximum absolute atomic E-state index is 12.7. The van der Waals surface area contributed by atoms with E-state index in [9.17, 15) is 24.3 Å². The van der Waals surface area contributed by atoms with Crippen molar-refractivity contribution in [2.75, 3.05) is 19.7 Å². The lowest BCUT2D eigenvalue weighted by atomic mass is 10.1. The van der Waals surface area contributed by atoms with Crippen molar-refractivity contribution in [3.05, 3.63) is 45.1 Å². The van der Waals surface area contributed by atoms with Crippen LogP contribution in [0.3, 0.4) is 0 Å². The predicted molar refractivity (Wildman–Crippen MR) is 141 cm³/mol. The van der Waals surface area contributed by atoms with Gasteiger partial charge in [0, 0.05) is 17.0 Å². The van der Waals surface area contributed by atoms with Crippen molar-refractivity contribution < 1.29 is 38.5 Å². The number of amides is 2. The van der Waals surface area contributed by atoms with Crippen LogP contribution in [-0.2, 0) is 27.2 Å². The van der Waals surface area contributed by atoms with Crippen LogP contribution in [0.5, 0.6) is 11.5 Å². The fraction of sp³-hybridized carbons (Fsp3) is 0.481. The van der Waals surface area contributed by atoms with Crippen molar-refractivity contribution in [1.82, 2.24) is 10.2 Å². The average molecular weight is 547 g/mol. The second-order valence-corrected chi connectivity index (χ2v) is 12.0. The monoisotopic (exact) mass is 546 g/mol. The second-order valence-electron chi connectivity index (χ2n) is 10.9. The van der Waals surface area contributed by atoms with Crippen LogP contribution >= 0.6 is 11.3 Å². The van der Waals surface area contributed by atoms with E-state index in [1.165, 1.54) is 29.5 Å². The SMILES string of the molecule is CC(C)(C)OC(=O)COc1ccc(C(=O)CNC(=O)c2cc3c(s2)CCN(C(=O)OC(C)(C)C)C3)cc1O. The lowest BCUT2D eigenvalue weighted by Crippen LogP contribution is -2.39. The molecule has 11 heteroatoms. The number of thiophene rings is 1. The Labute approximate surface area is 225 Å². The molecule has 0 spiro atoms. The number of phenolic OH excluding ortho intramolecular Hbond substituents is 1. The largest absolute Gasteiger partial charge is 0.504 e. The molecular weight excluding hydrogens is 512 g/mol. The van der Waals surface area contributed by atoms with Crippen LogP contribution in [0, 0.1) is 0 Å². The van der Waals surface area contributed by atoms with Crippen LogP contribution in [0.1, 0.15) is 72.0 Å². The third kappa shape index (κ3) is 8.20. The van der Waals surface area contributed by atoms with Gasteiger partial charge in [0.1, 0.15) is 11.2 Å². The Morgan fingerprint density at radius 1 is 1.03 bits per heavy atom. The third-order valence-corrected chi connectivity index (χ3v) is 6.43. The summed E-state index contributed by atoms with van der Waals surface area (Å²) >= 11 is 1.34. The molecule has 1 aliphatic rings. The highest BCUT2D eigenvalue weighted by Crippen LogP contribution is 2.29. The molecular formula is C27H34N2O8S. The van der Waals surface area contributed by atoms with Gasteiger partial charge in [-0.2, -0.15) is 0 Å². The van der Waals surface area contributed by atoms with Gasteiger partial charge in [0.2, 0.25) is 0 Å². The van der Waals surface area contributed by atoms with E-state index in [1.807, 2.05) is 20.8 Å². The fourth-order valence-corrected chi connectivity index (χ4v) is 4.68. The fourth-order valence-electron chi connectivity index (χ4n) is 3.60. The topological polar surface area (TPSA) is 131 Å². The van der Waals surface area contributed by atoms with Crippen LogP contribution in [0.25, 0.3) is 0 Å². The number of phenols is 1. The molecule has 1 aromatic carbocycles. The highest BCUT2D eigenvalue weighted by molar-refractivity contribution is 7.14. The van der Waals surface area contributed by atoms with Gasteiger partial charge in [-0.1, -0.05) is 0 Å². The number of carbonyl (C=O) groups is 4. The number of hydrogen-bond donors (Lipinski definition) is 2. The number of ether oxygens (including phenoxy) is 3. The number of carbonyl (C=O) groups excluding carboxylic acids is 4. The first-order valence-corrected chi connectivity index (χ1v) is 13.0. The first-order valence-electron chi connectivity index (χ1n) is 12.2. The summed E-state index contributed by atoms with van der Waals surface area (Å²) in [6, 6.07) is 5.76. The van der Waals surface area contributed by atoms with E-state index < -0.39 is 41.6 Å². The van der Waals surface area contributed by atoms with Crippen LogP contribution in [0.4, 0.5) is 4.79 Å². The van der Waals surface area contributed by atoms with Gasteiger partial charge in [0.15, 0.2) is 23.9 Å². The number of Topliss-reactive ketones (excluding diaryl/α,β-unsaturated/α-hetero) is 1. The molecule has 0 radical (unpaired) electrons. The van der Waals surface area contributed by atoms with Crippen molar-refractivity contribution in [2.45, 2.75) is 65.7 Å². The van der Waals surface area contributed by atoms with Crippen molar-refractivity contribution in [3.8, 4) is 11.5 Å². The minimum Gasteiger partial charge on any atom is -0.504 e. The molecule has 0 unspecified atom stereocenters. The zero-order valence-electron chi connectivity index (χ0n) is 22.5. The lowest BCUT2D eigenvalue weighted by Gasteiger charge is -2.29. The number of esters is 1. The van der Waals surface area contributed by atoms with Crippen molar-refractivity contribution >= 4 is 35.1 Å². The Hall–Kier alpha value is -3.60. The van der Waals surface area contributed by atoms with Gasteiger partial charge < -0.3 is 29.5 Å². The van der Waals surface area contributed by atoms with Crippen molar-refractivity contribution in [3.63, 3.8) is 0 Å². The van der Waals surface area contributed by atoms with Crippen LogP contribution in [0.2, 0.25) is 0 Å². The molecule has 38 heavy (non-hydrogen) atoms. The van der Waals surface area contributed by atoms with Crippen LogP contribution < -0.4 is 10.1 Å². The van der Waals surface area contributed by atoms with E-state index >= 15 is 0 Å². The first kappa shape index (κ1) is 29.0. The summed E-state index contributed by atoms with van der Waals surface area (Å²) in [7, 11) is 0. The molecule has 3 rings (SSSR count). The first-order chi connectivity index (χ1) is 17.6. The number of fused-ring (bicyclic) bond motifs is 1. The molecule has 2 aromatic rings. The Balaban J connectivity index is 1.53. The van der Waals surface area contributed by atoms with E-state index in [0.717, 1.165) is 10.4 Å².